The number of halogens is 1. The Morgan fingerprint density at radius 1 is 1.38 bits per heavy atom. The normalized spacial score (nSPS) is 10.8. The zero-order valence-electron chi connectivity index (χ0n) is 8.26. The van der Waals surface area contributed by atoms with Gasteiger partial charge in [0, 0.05) is 12.4 Å². The van der Waals surface area contributed by atoms with Gasteiger partial charge in [-0.1, -0.05) is 17.7 Å². The van der Waals surface area contributed by atoms with Crippen LogP contribution in [-0.4, -0.2) is 10.8 Å². The van der Waals surface area contributed by atoms with Gasteiger partial charge in [-0.25, -0.2) is 0 Å². The number of hydrogen-bond acceptors (Lipinski definition) is 3. The Morgan fingerprint density at radius 3 is 2.88 bits per heavy atom. The van der Waals surface area contributed by atoms with E-state index in [4.69, 9.17) is 11.6 Å². The van der Waals surface area contributed by atoms with Gasteiger partial charge in [0.1, 0.15) is 0 Å². The van der Waals surface area contributed by atoms with Crippen molar-refractivity contribution < 1.29 is 4.79 Å². The predicted molar refractivity (Wildman–Crippen MR) is 66.9 cm³/mol. The van der Waals surface area contributed by atoms with Crippen molar-refractivity contribution in [2.45, 2.75) is 0 Å². The number of allylic oxidation sites excluding steroid dienone is 1. The van der Waals surface area contributed by atoms with Gasteiger partial charge >= 0.3 is 0 Å². The van der Waals surface area contributed by atoms with Crippen LogP contribution >= 0.6 is 22.9 Å². The summed E-state index contributed by atoms with van der Waals surface area (Å²) in [6.45, 7) is 0. The molecule has 0 atom stereocenters. The van der Waals surface area contributed by atoms with Crippen LogP contribution < -0.4 is 0 Å². The summed E-state index contributed by atoms with van der Waals surface area (Å²) >= 11 is 7.03. The molecule has 0 saturated carbocycles. The molecular formula is C12H8ClNOS. The number of nitrogens with zero attached hydrogens (tertiary/aromatic N) is 1. The topological polar surface area (TPSA) is 30.0 Å². The molecule has 2 heterocycles. The van der Waals surface area contributed by atoms with Gasteiger partial charge in [0.05, 0.1) is 9.21 Å². The van der Waals surface area contributed by atoms with Gasteiger partial charge in [-0.15, -0.1) is 11.3 Å². The summed E-state index contributed by atoms with van der Waals surface area (Å²) in [5, 5.41) is 0. The van der Waals surface area contributed by atoms with E-state index in [1.54, 1.807) is 30.6 Å². The van der Waals surface area contributed by atoms with Crippen molar-refractivity contribution in [1.82, 2.24) is 4.98 Å². The molecule has 0 N–H and O–H groups in total. The van der Waals surface area contributed by atoms with Crippen molar-refractivity contribution in [3.05, 3.63) is 57.5 Å². The molecule has 2 aromatic rings. The maximum atomic E-state index is 11.7. The van der Waals surface area contributed by atoms with E-state index in [1.807, 2.05) is 12.1 Å². The Hall–Kier alpha value is -1.45. The summed E-state index contributed by atoms with van der Waals surface area (Å²) in [6, 6.07) is 7.16. The molecule has 0 spiro atoms. The largest absolute Gasteiger partial charge is 0.288 e. The lowest BCUT2D eigenvalue weighted by Gasteiger charge is -1.90. The van der Waals surface area contributed by atoms with Gasteiger partial charge in [-0.05, 0) is 35.9 Å². The molecule has 0 unspecified atom stereocenters. The molecule has 0 aliphatic rings. The van der Waals surface area contributed by atoms with E-state index in [0.29, 0.717) is 9.21 Å². The SMILES string of the molecule is O=C(/C=C/c1cccnc1)c1ccc(Cl)s1. The minimum absolute atomic E-state index is 0.0410. The highest BCUT2D eigenvalue weighted by atomic mass is 35.5. The third-order valence-corrected chi connectivity index (χ3v) is 3.17. The minimum atomic E-state index is -0.0410. The zero-order chi connectivity index (χ0) is 11.4. The first-order chi connectivity index (χ1) is 7.75. The number of carbonyl (C=O) groups is 1. The first-order valence-electron chi connectivity index (χ1n) is 4.63. The van der Waals surface area contributed by atoms with Crippen LogP contribution in [0.2, 0.25) is 4.34 Å². The molecule has 0 radical (unpaired) electrons. The van der Waals surface area contributed by atoms with Crippen LogP contribution in [0, 0.1) is 0 Å². The average molecular weight is 250 g/mol. The fourth-order valence-electron chi connectivity index (χ4n) is 1.18. The van der Waals surface area contributed by atoms with E-state index in [2.05, 4.69) is 4.98 Å². The minimum Gasteiger partial charge on any atom is -0.288 e. The Kier molecular flexibility index (Phi) is 3.49. The highest BCUT2D eigenvalue weighted by molar-refractivity contribution is 7.18. The zero-order valence-corrected chi connectivity index (χ0v) is 9.83. The molecule has 2 nitrogen and oxygen atoms in total. The summed E-state index contributed by atoms with van der Waals surface area (Å²) in [6.07, 6.45) is 6.66. The summed E-state index contributed by atoms with van der Waals surface area (Å²) in [4.78, 5) is 16.3. The lowest BCUT2D eigenvalue weighted by atomic mass is 10.2. The van der Waals surface area contributed by atoms with Crippen molar-refractivity contribution in [3.63, 3.8) is 0 Å². The summed E-state index contributed by atoms with van der Waals surface area (Å²) in [7, 11) is 0. The molecule has 0 bridgehead atoms. The van der Waals surface area contributed by atoms with Crippen LogP contribution in [0.1, 0.15) is 15.2 Å². The maximum Gasteiger partial charge on any atom is 0.195 e. The van der Waals surface area contributed by atoms with Gasteiger partial charge in [-0.3, -0.25) is 9.78 Å². The molecule has 16 heavy (non-hydrogen) atoms. The van der Waals surface area contributed by atoms with Gasteiger partial charge in [0.15, 0.2) is 5.78 Å². The Balaban J connectivity index is 2.11. The van der Waals surface area contributed by atoms with Gasteiger partial charge in [-0.2, -0.15) is 0 Å². The van der Waals surface area contributed by atoms with E-state index in [0.717, 1.165) is 5.56 Å². The van der Waals surface area contributed by atoms with Crippen LogP contribution in [0.25, 0.3) is 6.08 Å². The quantitative estimate of drug-likeness (QED) is 0.613. The number of carbonyl (C=O) groups excluding carboxylic acids is 1. The predicted octanol–water partition coefficient (Wildman–Crippen LogP) is 3.69. The van der Waals surface area contributed by atoms with Crippen molar-refractivity contribution in [1.29, 1.82) is 0 Å². The highest BCUT2D eigenvalue weighted by Crippen LogP contribution is 2.22. The molecule has 4 heteroatoms. The molecular weight excluding hydrogens is 242 g/mol. The number of hydrogen-bond donors (Lipinski definition) is 0. The molecule has 0 aromatic carbocycles. The number of rotatable bonds is 3. The Morgan fingerprint density at radius 2 is 2.25 bits per heavy atom. The first-order valence-corrected chi connectivity index (χ1v) is 5.83. The summed E-state index contributed by atoms with van der Waals surface area (Å²) < 4.78 is 0.623. The molecule has 0 aliphatic heterocycles. The van der Waals surface area contributed by atoms with Crippen molar-refractivity contribution in [2.75, 3.05) is 0 Å². The molecule has 0 fully saturated rings. The fourth-order valence-corrected chi connectivity index (χ4v) is 2.14. The second kappa shape index (κ2) is 5.05. The standard InChI is InChI=1S/C12H8ClNOS/c13-12-6-5-11(16-12)10(15)4-3-9-2-1-7-14-8-9/h1-8H/b4-3+. The molecule has 80 valence electrons. The van der Waals surface area contributed by atoms with Crippen LogP contribution in [0.3, 0.4) is 0 Å². The van der Waals surface area contributed by atoms with Gasteiger partial charge < -0.3 is 0 Å². The van der Waals surface area contributed by atoms with Crippen molar-refractivity contribution in [3.8, 4) is 0 Å². The van der Waals surface area contributed by atoms with E-state index in [9.17, 15) is 4.79 Å². The lowest BCUT2D eigenvalue weighted by molar-refractivity contribution is 0.105. The second-order valence-electron chi connectivity index (χ2n) is 3.09. The average Bonchev–Trinajstić information content (AvgIpc) is 2.74. The number of aromatic nitrogens is 1. The smallest absolute Gasteiger partial charge is 0.195 e. The van der Waals surface area contributed by atoms with Crippen LogP contribution in [-0.2, 0) is 0 Å². The van der Waals surface area contributed by atoms with Gasteiger partial charge in [0.2, 0.25) is 0 Å². The molecule has 0 amide bonds. The van der Waals surface area contributed by atoms with Crippen LogP contribution in [0.15, 0.2) is 42.7 Å². The van der Waals surface area contributed by atoms with Crippen molar-refractivity contribution in [2.24, 2.45) is 0 Å². The van der Waals surface area contributed by atoms with Gasteiger partial charge in [0.25, 0.3) is 0 Å². The monoisotopic (exact) mass is 249 g/mol. The van der Waals surface area contributed by atoms with E-state index >= 15 is 0 Å². The van der Waals surface area contributed by atoms with E-state index in [1.165, 1.54) is 17.4 Å². The third kappa shape index (κ3) is 2.78. The first kappa shape index (κ1) is 11.0. The number of ketones is 1. The molecule has 0 aliphatic carbocycles. The Bertz CT molecular complexity index is 519. The number of thiophene rings is 1. The maximum absolute atomic E-state index is 11.7. The van der Waals surface area contributed by atoms with Crippen molar-refractivity contribution >= 4 is 34.8 Å². The highest BCUT2D eigenvalue weighted by Gasteiger charge is 2.04. The summed E-state index contributed by atoms with van der Waals surface area (Å²) in [5.41, 5.74) is 0.901. The molecule has 2 aromatic heterocycles. The lowest BCUT2D eigenvalue weighted by Crippen LogP contribution is -1.88. The van der Waals surface area contributed by atoms with Crippen LogP contribution in [0.5, 0.6) is 0 Å². The number of pyridine rings is 1. The second-order valence-corrected chi connectivity index (χ2v) is 4.80. The Labute approximate surface area is 102 Å². The van der Waals surface area contributed by atoms with Crippen LogP contribution in [0.4, 0.5) is 0 Å². The molecule has 2 rings (SSSR count). The summed E-state index contributed by atoms with van der Waals surface area (Å²) in [5.74, 6) is -0.0410. The van der Waals surface area contributed by atoms with E-state index in [-0.39, 0.29) is 5.78 Å². The third-order valence-electron chi connectivity index (χ3n) is 1.93. The fraction of sp³-hybridized carbons (Fsp3) is 0. The molecule has 0 saturated heterocycles. The van der Waals surface area contributed by atoms with E-state index < -0.39 is 0 Å².